The van der Waals surface area contributed by atoms with Crippen molar-refractivity contribution in [3.8, 4) is 11.4 Å². The highest BCUT2D eigenvalue weighted by Gasteiger charge is 2.21. The van der Waals surface area contributed by atoms with Crippen LogP contribution in [0.15, 0.2) is 140 Å². The van der Waals surface area contributed by atoms with Crippen LogP contribution in [-0.2, 0) is 0 Å². The summed E-state index contributed by atoms with van der Waals surface area (Å²) >= 11 is 1.85. The zero-order chi connectivity index (χ0) is 28.1. The molecule has 10 rings (SSSR count). The largest absolute Gasteiger partial charge is 0.307 e. The number of para-hydroxylation sites is 3. The zero-order valence-electron chi connectivity index (χ0n) is 23.0. The van der Waals surface area contributed by atoms with Crippen molar-refractivity contribution in [2.45, 2.75) is 0 Å². The molecular formula is C39H23N3S. The molecule has 0 amide bonds. The van der Waals surface area contributed by atoms with Crippen LogP contribution in [0.2, 0.25) is 0 Å². The number of aromatic nitrogens is 3. The summed E-state index contributed by atoms with van der Waals surface area (Å²) in [5.41, 5.74) is 8.11. The molecule has 4 heteroatoms. The molecule has 43 heavy (non-hydrogen) atoms. The number of fused-ring (bicyclic) bond motifs is 12. The Morgan fingerprint density at radius 2 is 1.02 bits per heavy atom. The van der Waals surface area contributed by atoms with Crippen LogP contribution in [0.4, 0.5) is 0 Å². The van der Waals surface area contributed by atoms with Crippen molar-refractivity contribution in [3.05, 3.63) is 140 Å². The van der Waals surface area contributed by atoms with Crippen LogP contribution in [-0.4, -0.2) is 14.1 Å². The van der Waals surface area contributed by atoms with Gasteiger partial charge in [0.25, 0.3) is 0 Å². The average Bonchev–Trinajstić information content (AvgIpc) is 3.73. The molecule has 0 atom stereocenters. The van der Waals surface area contributed by atoms with E-state index in [0.29, 0.717) is 0 Å². The van der Waals surface area contributed by atoms with Crippen LogP contribution in [0.1, 0.15) is 0 Å². The first-order valence-corrected chi connectivity index (χ1v) is 15.4. The second kappa shape index (κ2) is 8.54. The summed E-state index contributed by atoms with van der Waals surface area (Å²) in [6.07, 6.45) is 2.05. The smallest absolute Gasteiger partial charge is 0.0788 e. The van der Waals surface area contributed by atoms with E-state index in [1.807, 2.05) is 11.3 Å². The highest BCUT2D eigenvalue weighted by atomic mass is 32.1. The maximum Gasteiger partial charge on any atom is 0.0788 e. The monoisotopic (exact) mass is 565 g/mol. The van der Waals surface area contributed by atoms with Crippen LogP contribution in [0.25, 0.3) is 86.1 Å². The first kappa shape index (κ1) is 23.1. The van der Waals surface area contributed by atoms with Crippen molar-refractivity contribution < 1.29 is 0 Å². The Kier molecular flexibility index (Phi) is 4.60. The van der Waals surface area contributed by atoms with Gasteiger partial charge >= 0.3 is 0 Å². The third-order valence-electron chi connectivity index (χ3n) is 8.93. The standard InChI is InChI=1S/C39H23N3S/c1-2-10-24(11-3-1)41-34-15-7-4-12-26(34)29-20-21-30-27-13-5-8-16-35(27)42(38(30)37(29)41)25-18-19-31-33(22-25)40-23-32-28-14-6-9-17-36(28)43-39(31)32/h1-23H. The first-order chi connectivity index (χ1) is 21.3. The fourth-order valence-corrected chi connectivity index (χ4v) is 8.31. The van der Waals surface area contributed by atoms with Gasteiger partial charge in [0.1, 0.15) is 0 Å². The molecule has 6 aromatic carbocycles. The van der Waals surface area contributed by atoms with Gasteiger partial charge < -0.3 is 9.13 Å². The lowest BCUT2D eigenvalue weighted by atomic mass is 10.1. The van der Waals surface area contributed by atoms with E-state index in [2.05, 4.69) is 149 Å². The molecule has 0 N–H and O–H groups in total. The minimum Gasteiger partial charge on any atom is -0.307 e. The van der Waals surface area contributed by atoms with Crippen LogP contribution >= 0.6 is 11.3 Å². The molecule has 3 nitrogen and oxygen atoms in total. The summed E-state index contributed by atoms with van der Waals surface area (Å²) in [5, 5.41) is 8.71. The quantitative estimate of drug-likeness (QED) is 0.204. The summed E-state index contributed by atoms with van der Waals surface area (Å²) in [4.78, 5) is 5.01. The molecule has 4 heterocycles. The van der Waals surface area contributed by atoms with E-state index in [0.717, 1.165) is 16.9 Å². The molecule has 0 spiro atoms. The Labute approximate surface area is 250 Å². The maximum absolute atomic E-state index is 5.01. The van der Waals surface area contributed by atoms with E-state index in [4.69, 9.17) is 4.98 Å². The van der Waals surface area contributed by atoms with Crippen LogP contribution in [0.5, 0.6) is 0 Å². The minimum absolute atomic E-state index is 1.01. The van der Waals surface area contributed by atoms with E-state index in [1.54, 1.807) is 0 Å². The van der Waals surface area contributed by atoms with E-state index >= 15 is 0 Å². The van der Waals surface area contributed by atoms with Gasteiger partial charge in [0.2, 0.25) is 0 Å². The molecule has 0 unspecified atom stereocenters. The molecule has 0 radical (unpaired) electrons. The lowest BCUT2D eigenvalue weighted by molar-refractivity contribution is 1.15. The average molecular weight is 566 g/mol. The Morgan fingerprint density at radius 1 is 0.442 bits per heavy atom. The van der Waals surface area contributed by atoms with Gasteiger partial charge in [0, 0.05) is 64.7 Å². The summed E-state index contributed by atoms with van der Waals surface area (Å²) in [7, 11) is 0. The van der Waals surface area contributed by atoms with Crippen molar-refractivity contribution in [3.63, 3.8) is 0 Å². The van der Waals surface area contributed by atoms with E-state index in [1.165, 1.54) is 69.2 Å². The summed E-state index contributed by atoms with van der Waals surface area (Å²) in [6, 6.07) is 48.3. The van der Waals surface area contributed by atoms with Crippen molar-refractivity contribution in [1.29, 1.82) is 0 Å². The first-order valence-electron chi connectivity index (χ1n) is 14.6. The van der Waals surface area contributed by atoms with Crippen molar-refractivity contribution in [2.24, 2.45) is 0 Å². The Morgan fingerprint density at radius 3 is 1.74 bits per heavy atom. The van der Waals surface area contributed by atoms with Crippen molar-refractivity contribution in [1.82, 2.24) is 14.1 Å². The molecule has 10 aromatic rings. The van der Waals surface area contributed by atoms with Crippen molar-refractivity contribution >= 4 is 86.0 Å². The van der Waals surface area contributed by atoms with Crippen LogP contribution < -0.4 is 0 Å². The van der Waals surface area contributed by atoms with Gasteiger partial charge in [-0.1, -0.05) is 84.9 Å². The normalized spacial score (nSPS) is 12.2. The molecule has 4 aromatic heterocycles. The van der Waals surface area contributed by atoms with E-state index in [-0.39, 0.29) is 0 Å². The van der Waals surface area contributed by atoms with Crippen molar-refractivity contribution in [2.75, 3.05) is 0 Å². The molecule has 0 bridgehead atoms. The summed E-state index contributed by atoms with van der Waals surface area (Å²) in [6.45, 7) is 0. The molecule has 0 saturated carbocycles. The van der Waals surface area contributed by atoms with Gasteiger partial charge in [0.15, 0.2) is 0 Å². The minimum atomic E-state index is 1.01. The SMILES string of the molecule is c1ccc(-n2c3ccccc3c3ccc4c5ccccc5n(-c5ccc6c(c5)ncc5c7ccccc7sc65)c4c32)cc1. The molecule has 0 aliphatic rings. The molecule has 200 valence electrons. The number of pyridine rings is 1. The van der Waals surface area contributed by atoms with Gasteiger partial charge in [-0.3, -0.25) is 4.98 Å². The second-order valence-electron chi connectivity index (χ2n) is 11.2. The highest BCUT2D eigenvalue weighted by Crippen LogP contribution is 2.43. The third kappa shape index (κ3) is 3.10. The fourth-order valence-electron chi connectivity index (χ4n) is 7.10. The Balaban J connectivity index is 1.36. The fraction of sp³-hybridized carbons (Fsp3) is 0. The van der Waals surface area contributed by atoms with Gasteiger partial charge in [-0.15, -0.1) is 11.3 Å². The molecule has 0 saturated heterocycles. The predicted molar refractivity (Wildman–Crippen MR) is 183 cm³/mol. The van der Waals surface area contributed by atoms with E-state index in [9.17, 15) is 0 Å². The van der Waals surface area contributed by atoms with Gasteiger partial charge in [-0.25, -0.2) is 0 Å². The Bertz CT molecular complexity index is 2730. The zero-order valence-corrected chi connectivity index (χ0v) is 23.8. The number of thiophene rings is 1. The second-order valence-corrected chi connectivity index (χ2v) is 12.3. The lowest BCUT2D eigenvalue weighted by Gasteiger charge is -2.13. The topological polar surface area (TPSA) is 22.8 Å². The molecule has 0 aliphatic heterocycles. The van der Waals surface area contributed by atoms with Crippen LogP contribution in [0.3, 0.4) is 0 Å². The Hall–Kier alpha value is -5.45. The summed E-state index contributed by atoms with van der Waals surface area (Å²) < 4.78 is 7.48. The van der Waals surface area contributed by atoms with E-state index < -0.39 is 0 Å². The number of nitrogens with zero attached hydrogens (tertiary/aromatic N) is 3. The molecule has 0 aliphatic carbocycles. The maximum atomic E-state index is 5.01. The molecular weight excluding hydrogens is 543 g/mol. The van der Waals surface area contributed by atoms with Gasteiger partial charge in [-0.05, 0) is 48.5 Å². The van der Waals surface area contributed by atoms with Gasteiger partial charge in [-0.2, -0.15) is 0 Å². The third-order valence-corrected chi connectivity index (χ3v) is 10.2. The lowest BCUT2D eigenvalue weighted by Crippen LogP contribution is -1.98. The van der Waals surface area contributed by atoms with Crippen LogP contribution in [0, 0.1) is 0 Å². The molecule has 0 fully saturated rings. The number of hydrogen-bond donors (Lipinski definition) is 0. The predicted octanol–water partition coefficient (Wildman–Crippen LogP) is 10.8. The number of hydrogen-bond acceptors (Lipinski definition) is 2. The van der Waals surface area contributed by atoms with Gasteiger partial charge in [0.05, 0.1) is 27.6 Å². The number of rotatable bonds is 2. The summed E-state index contributed by atoms with van der Waals surface area (Å²) in [5.74, 6) is 0. The number of benzene rings is 6. The highest BCUT2D eigenvalue weighted by molar-refractivity contribution is 7.26.